The maximum atomic E-state index is 13.0. The Hall–Kier alpha value is -2.34. The third-order valence-electron chi connectivity index (χ3n) is 5.08. The van der Waals surface area contributed by atoms with Gasteiger partial charge in [0.25, 0.3) is 5.91 Å². The van der Waals surface area contributed by atoms with Gasteiger partial charge in [-0.15, -0.1) is 0 Å². The summed E-state index contributed by atoms with van der Waals surface area (Å²) in [4.78, 5) is 14.8. The van der Waals surface area contributed by atoms with Crippen LogP contribution in [0.4, 0.5) is 0 Å². The first-order chi connectivity index (χ1) is 11.8. The first kappa shape index (κ1) is 17.5. The Balaban J connectivity index is 1.89. The second-order valence-corrected chi connectivity index (χ2v) is 6.83. The minimum absolute atomic E-state index is 0.0677. The summed E-state index contributed by atoms with van der Waals surface area (Å²) in [6, 6.07) is 7.10. The number of rotatable bonds is 4. The van der Waals surface area contributed by atoms with Gasteiger partial charge in [0.2, 0.25) is 0 Å². The second-order valence-electron chi connectivity index (χ2n) is 6.83. The van der Waals surface area contributed by atoms with Crippen molar-refractivity contribution in [3.63, 3.8) is 0 Å². The summed E-state index contributed by atoms with van der Waals surface area (Å²) >= 11 is 0. The van der Waals surface area contributed by atoms with E-state index in [4.69, 9.17) is 4.74 Å². The Labute approximate surface area is 148 Å². The Bertz CT molecular complexity index is 765. The summed E-state index contributed by atoms with van der Waals surface area (Å²) < 4.78 is 6.83. The number of methoxy groups -OCH3 is 1. The highest BCUT2D eigenvalue weighted by atomic mass is 16.5. The highest BCUT2D eigenvalue weighted by molar-refractivity contribution is 5.95. The fraction of sp³-hybridized carbons (Fsp3) is 0.474. The average molecular weight is 343 g/mol. The molecule has 2 aromatic rings. The number of nitrogens with zero attached hydrogens (tertiary/aromatic N) is 3. The van der Waals surface area contributed by atoms with Crippen LogP contribution in [0.1, 0.15) is 41.4 Å². The SMILES string of the molecule is COc1ccc([C@@](C)(O)[C@@H]2CCCN2C(=O)c2cn(C)nc2C)cc1. The molecule has 0 saturated carbocycles. The van der Waals surface area contributed by atoms with Crippen LogP contribution in [0.5, 0.6) is 5.75 Å². The normalized spacial score (nSPS) is 19.7. The molecule has 1 saturated heterocycles. The van der Waals surface area contributed by atoms with Crippen molar-refractivity contribution in [2.24, 2.45) is 7.05 Å². The zero-order valence-corrected chi connectivity index (χ0v) is 15.2. The van der Waals surface area contributed by atoms with E-state index in [1.54, 1.807) is 36.9 Å². The summed E-state index contributed by atoms with van der Waals surface area (Å²) in [5.74, 6) is 0.673. The van der Waals surface area contributed by atoms with Gasteiger partial charge >= 0.3 is 0 Å². The topological polar surface area (TPSA) is 67.6 Å². The number of ether oxygens (including phenoxy) is 1. The molecule has 3 rings (SSSR count). The van der Waals surface area contributed by atoms with Crippen molar-refractivity contribution < 1.29 is 14.6 Å². The predicted octanol–water partition coefficient (Wildman–Crippen LogP) is 2.25. The average Bonchev–Trinajstić information content (AvgIpc) is 3.21. The van der Waals surface area contributed by atoms with E-state index in [1.165, 1.54) is 0 Å². The molecular formula is C19H25N3O3. The van der Waals surface area contributed by atoms with E-state index in [0.717, 1.165) is 24.2 Å². The van der Waals surface area contributed by atoms with Gasteiger partial charge in [0, 0.05) is 19.8 Å². The van der Waals surface area contributed by atoms with Crippen molar-refractivity contribution in [1.82, 2.24) is 14.7 Å². The summed E-state index contributed by atoms with van der Waals surface area (Å²) in [6.45, 7) is 4.26. The van der Waals surface area contributed by atoms with E-state index in [2.05, 4.69) is 5.10 Å². The molecule has 25 heavy (non-hydrogen) atoms. The van der Waals surface area contributed by atoms with Gasteiger partial charge in [-0.1, -0.05) is 12.1 Å². The van der Waals surface area contributed by atoms with Gasteiger partial charge in [-0.3, -0.25) is 9.48 Å². The van der Waals surface area contributed by atoms with E-state index >= 15 is 0 Å². The Morgan fingerprint density at radius 3 is 2.60 bits per heavy atom. The lowest BCUT2D eigenvalue weighted by Gasteiger charge is -2.37. The minimum Gasteiger partial charge on any atom is -0.497 e. The molecule has 1 aromatic heterocycles. The second kappa shape index (κ2) is 6.52. The van der Waals surface area contributed by atoms with Crippen LogP contribution in [0.2, 0.25) is 0 Å². The Morgan fingerprint density at radius 1 is 1.36 bits per heavy atom. The lowest BCUT2D eigenvalue weighted by atomic mass is 9.86. The molecule has 1 N–H and O–H groups in total. The van der Waals surface area contributed by atoms with Crippen molar-refractivity contribution in [2.45, 2.75) is 38.3 Å². The van der Waals surface area contributed by atoms with E-state index in [9.17, 15) is 9.90 Å². The van der Waals surface area contributed by atoms with Crippen LogP contribution in [0.15, 0.2) is 30.5 Å². The summed E-state index contributed by atoms with van der Waals surface area (Å²) in [5.41, 5.74) is 0.956. The van der Waals surface area contributed by atoms with Crippen molar-refractivity contribution in [1.29, 1.82) is 0 Å². The van der Waals surface area contributed by atoms with Gasteiger partial charge in [0.1, 0.15) is 11.4 Å². The fourth-order valence-electron chi connectivity index (χ4n) is 3.68. The molecule has 6 heteroatoms. The lowest BCUT2D eigenvalue weighted by molar-refractivity contribution is -0.0177. The predicted molar refractivity (Wildman–Crippen MR) is 94.6 cm³/mol. The summed E-state index contributed by atoms with van der Waals surface area (Å²) in [5, 5.41) is 15.5. The zero-order chi connectivity index (χ0) is 18.2. The summed E-state index contributed by atoms with van der Waals surface area (Å²) in [7, 11) is 3.42. The molecule has 0 spiro atoms. The van der Waals surface area contributed by atoms with Crippen molar-refractivity contribution in [2.75, 3.05) is 13.7 Å². The number of carbonyl (C=O) groups is 1. The molecule has 2 atom stereocenters. The molecule has 1 aliphatic rings. The van der Waals surface area contributed by atoms with E-state index < -0.39 is 5.60 Å². The van der Waals surface area contributed by atoms with E-state index in [1.807, 2.05) is 31.2 Å². The standard InChI is InChI=1S/C19H25N3O3/c1-13-16(12-21(3)20-13)18(23)22-11-5-6-17(22)19(2,24)14-7-9-15(25-4)10-8-14/h7-10,12,17,24H,5-6,11H2,1-4H3/t17-,19+/m0/s1. The van der Waals surface area contributed by atoms with Crippen LogP contribution in [0.25, 0.3) is 0 Å². The molecule has 0 bridgehead atoms. The molecule has 0 aliphatic carbocycles. The van der Waals surface area contributed by atoms with Crippen LogP contribution >= 0.6 is 0 Å². The van der Waals surface area contributed by atoms with Crippen molar-refractivity contribution in [3.8, 4) is 5.75 Å². The van der Waals surface area contributed by atoms with Gasteiger partial charge < -0.3 is 14.7 Å². The molecule has 1 aliphatic heterocycles. The number of aromatic nitrogens is 2. The third kappa shape index (κ3) is 3.14. The molecule has 1 fully saturated rings. The van der Waals surface area contributed by atoms with Crippen LogP contribution in [-0.4, -0.2) is 45.4 Å². The highest BCUT2D eigenvalue weighted by Crippen LogP contribution is 2.36. The van der Waals surface area contributed by atoms with Crippen LogP contribution in [-0.2, 0) is 12.6 Å². The minimum atomic E-state index is -1.13. The molecule has 0 radical (unpaired) electrons. The van der Waals surface area contributed by atoms with Gasteiger partial charge in [-0.25, -0.2) is 0 Å². The zero-order valence-electron chi connectivity index (χ0n) is 15.2. The molecule has 1 aromatic carbocycles. The van der Waals surface area contributed by atoms with Crippen molar-refractivity contribution >= 4 is 5.91 Å². The molecule has 0 unspecified atom stereocenters. The van der Waals surface area contributed by atoms with Crippen molar-refractivity contribution in [3.05, 3.63) is 47.3 Å². The van der Waals surface area contributed by atoms with Gasteiger partial charge in [0.05, 0.1) is 24.4 Å². The number of hydrogen-bond donors (Lipinski definition) is 1. The van der Waals surface area contributed by atoms with Crippen LogP contribution in [0, 0.1) is 6.92 Å². The largest absolute Gasteiger partial charge is 0.497 e. The van der Waals surface area contributed by atoms with Crippen LogP contribution < -0.4 is 4.74 Å². The number of hydrogen-bond acceptors (Lipinski definition) is 4. The van der Waals surface area contributed by atoms with Gasteiger partial charge in [0.15, 0.2) is 0 Å². The Morgan fingerprint density at radius 2 is 2.04 bits per heavy atom. The molecule has 134 valence electrons. The molecule has 6 nitrogen and oxygen atoms in total. The number of aliphatic hydroxyl groups is 1. The maximum Gasteiger partial charge on any atom is 0.257 e. The van der Waals surface area contributed by atoms with E-state index in [0.29, 0.717) is 17.8 Å². The van der Waals surface area contributed by atoms with E-state index in [-0.39, 0.29) is 11.9 Å². The Kier molecular flexibility index (Phi) is 4.56. The molecular weight excluding hydrogens is 318 g/mol. The van der Waals surface area contributed by atoms with Crippen LogP contribution in [0.3, 0.4) is 0 Å². The quantitative estimate of drug-likeness (QED) is 0.924. The monoisotopic (exact) mass is 343 g/mol. The number of carbonyl (C=O) groups excluding carboxylic acids is 1. The first-order valence-corrected chi connectivity index (χ1v) is 8.52. The number of likely N-dealkylation sites (tertiary alicyclic amines) is 1. The number of amides is 1. The lowest BCUT2D eigenvalue weighted by Crippen LogP contribution is -2.48. The number of aryl methyl sites for hydroxylation is 2. The molecule has 1 amide bonds. The van der Waals surface area contributed by atoms with Gasteiger partial charge in [-0.05, 0) is 44.4 Å². The fourth-order valence-corrected chi connectivity index (χ4v) is 3.68. The number of benzene rings is 1. The highest BCUT2D eigenvalue weighted by Gasteiger charge is 2.43. The maximum absolute atomic E-state index is 13.0. The molecule has 2 heterocycles. The smallest absolute Gasteiger partial charge is 0.257 e. The van der Waals surface area contributed by atoms with Gasteiger partial charge in [-0.2, -0.15) is 5.10 Å². The third-order valence-corrected chi connectivity index (χ3v) is 5.08. The summed E-state index contributed by atoms with van der Waals surface area (Å²) in [6.07, 6.45) is 3.39. The first-order valence-electron chi connectivity index (χ1n) is 8.52.